The van der Waals surface area contributed by atoms with E-state index in [1.165, 1.54) is 0 Å². The number of nitrogens with two attached hydrogens (primary N) is 1. The Morgan fingerprint density at radius 2 is 2.17 bits per heavy atom. The third-order valence-electron chi connectivity index (χ3n) is 2.22. The van der Waals surface area contributed by atoms with Gasteiger partial charge in [-0.2, -0.15) is 0 Å². The number of rotatable bonds is 7. The fourth-order valence-corrected chi connectivity index (χ4v) is 1.68. The fraction of sp³-hybridized carbons (Fsp3) is 0.417. The predicted molar refractivity (Wildman–Crippen MR) is 72.9 cm³/mol. The Balaban J connectivity index is 2.20. The van der Waals surface area contributed by atoms with Gasteiger partial charge in [0.2, 0.25) is 5.91 Å². The standard InChI is InChI=1S/C12H18N2O3S/c1-18(16)9-7-14-12(15)6-8-17-11-5-3-2-4-10(11)13/h2-5H,6-9,13H2,1H3,(H,14,15). The van der Waals surface area contributed by atoms with Gasteiger partial charge in [-0.3, -0.25) is 9.00 Å². The number of carbonyl (C=O) groups excluding carboxylic acids is 1. The van der Waals surface area contributed by atoms with E-state index in [-0.39, 0.29) is 18.9 Å². The Morgan fingerprint density at radius 1 is 1.44 bits per heavy atom. The largest absolute Gasteiger partial charge is 0.491 e. The highest BCUT2D eigenvalue weighted by molar-refractivity contribution is 7.84. The van der Waals surface area contributed by atoms with Crippen LogP contribution in [0, 0.1) is 0 Å². The molecule has 0 bridgehead atoms. The van der Waals surface area contributed by atoms with Gasteiger partial charge >= 0.3 is 0 Å². The quantitative estimate of drug-likeness (QED) is 0.708. The number of hydrogen-bond acceptors (Lipinski definition) is 4. The van der Waals surface area contributed by atoms with Gasteiger partial charge in [-0.1, -0.05) is 12.1 Å². The third-order valence-corrected chi connectivity index (χ3v) is 3.00. The molecule has 0 radical (unpaired) electrons. The number of hydrogen-bond donors (Lipinski definition) is 2. The van der Waals surface area contributed by atoms with Gasteiger partial charge in [-0.05, 0) is 12.1 Å². The molecule has 1 unspecified atom stereocenters. The zero-order valence-electron chi connectivity index (χ0n) is 10.3. The molecule has 18 heavy (non-hydrogen) atoms. The van der Waals surface area contributed by atoms with Crippen molar-refractivity contribution in [2.24, 2.45) is 0 Å². The summed E-state index contributed by atoms with van der Waals surface area (Å²) in [5.41, 5.74) is 6.25. The highest BCUT2D eigenvalue weighted by Gasteiger charge is 2.03. The smallest absolute Gasteiger partial charge is 0.223 e. The number of anilines is 1. The third kappa shape index (κ3) is 5.67. The van der Waals surface area contributed by atoms with Crippen LogP contribution in [0.2, 0.25) is 0 Å². The van der Waals surface area contributed by atoms with Crippen molar-refractivity contribution in [3.8, 4) is 5.75 Å². The van der Waals surface area contributed by atoms with E-state index in [9.17, 15) is 9.00 Å². The van der Waals surface area contributed by atoms with Crippen LogP contribution >= 0.6 is 0 Å². The molecule has 1 amide bonds. The van der Waals surface area contributed by atoms with Crippen LogP contribution in [0.1, 0.15) is 6.42 Å². The van der Waals surface area contributed by atoms with Crippen LogP contribution < -0.4 is 15.8 Å². The summed E-state index contributed by atoms with van der Waals surface area (Å²) in [6, 6.07) is 7.14. The van der Waals surface area contributed by atoms with Crippen molar-refractivity contribution in [1.29, 1.82) is 0 Å². The number of carbonyl (C=O) groups is 1. The summed E-state index contributed by atoms with van der Waals surface area (Å²) in [6.07, 6.45) is 1.86. The van der Waals surface area contributed by atoms with E-state index < -0.39 is 10.8 Å². The zero-order valence-corrected chi connectivity index (χ0v) is 11.2. The molecule has 1 aromatic carbocycles. The normalized spacial score (nSPS) is 11.8. The van der Waals surface area contributed by atoms with Crippen molar-refractivity contribution >= 4 is 22.4 Å². The van der Waals surface area contributed by atoms with Gasteiger partial charge in [0.15, 0.2) is 0 Å². The summed E-state index contributed by atoms with van der Waals surface area (Å²) >= 11 is 0. The first-order chi connectivity index (χ1) is 8.59. The minimum absolute atomic E-state index is 0.116. The van der Waals surface area contributed by atoms with E-state index in [0.717, 1.165) is 0 Å². The molecule has 100 valence electrons. The van der Waals surface area contributed by atoms with Crippen molar-refractivity contribution in [2.45, 2.75) is 6.42 Å². The Hall–Kier alpha value is -1.56. The minimum atomic E-state index is -0.883. The van der Waals surface area contributed by atoms with Crippen LogP contribution in [-0.4, -0.2) is 35.3 Å². The van der Waals surface area contributed by atoms with Gasteiger partial charge in [0, 0.05) is 29.4 Å². The molecular formula is C12H18N2O3S. The average molecular weight is 270 g/mol. The summed E-state index contributed by atoms with van der Waals surface area (Å²) in [5, 5.41) is 2.67. The molecule has 0 aliphatic heterocycles. The maximum Gasteiger partial charge on any atom is 0.223 e. The Morgan fingerprint density at radius 3 is 2.83 bits per heavy atom. The molecule has 5 nitrogen and oxygen atoms in total. The van der Waals surface area contributed by atoms with E-state index in [4.69, 9.17) is 10.5 Å². The van der Waals surface area contributed by atoms with Crippen LogP contribution in [0.4, 0.5) is 5.69 Å². The summed E-state index contributed by atoms with van der Waals surface area (Å²) in [5.74, 6) is 0.938. The van der Waals surface area contributed by atoms with Crippen molar-refractivity contribution in [1.82, 2.24) is 5.32 Å². The van der Waals surface area contributed by atoms with Gasteiger partial charge in [0.05, 0.1) is 18.7 Å². The van der Waals surface area contributed by atoms with Crippen molar-refractivity contribution in [3.05, 3.63) is 24.3 Å². The van der Waals surface area contributed by atoms with E-state index in [0.29, 0.717) is 23.7 Å². The van der Waals surface area contributed by atoms with Crippen molar-refractivity contribution in [3.63, 3.8) is 0 Å². The van der Waals surface area contributed by atoms with Crippen LogP contribution in [0.25, 0.3) is 0 Å². The van der Waals surface area contributed by atoms with Gasteiger partial charge in [-0.15, -0.1) is 0 Å². The minimum Gasteiger partial charge on any atom is -0.491 e. The molecule has 0 saturated carbocycles. The zero-order chi connectivity index (χ0) is 13.4. The molecule has 0 heterocycles. The lowest BCUT2D eigenvalue weighted by atomic mass is 10.3. The second-order valence-electron chi connectivity index (χ2n) is 3.76. The molecule has 1 aromatic rings. The van der Waals surface area contributed by atoms with Crippen LogP contribution in [0.5, 0.6) is 5.75 Å². The SMILES string of the molecule is CS(=O)CCNC(=O)CCOc1ccccc1N. The molecule has 0 spiro atoms. The Kier molecular flexibility index (Phi) is 6.21. The van der Waals surface area contributed by atoms with Gasteiger partial charge in [0.1, 0.15) is 5.75 Å². The monoisotopic (exact) mass is 270 g/mol. The number of ether oxygens (including phenoxy) is 1. The van der Waals surface area contributed by atoms with Gasteiger partial charge in [0.25, 0.3) is 0 Å². The fourth-order valence-electron chi connectivity index (χ4n) is 1.29. The van der Waals surface area contributed by atoms with E-state index >= 15 is 0 Å². The van der Waals surface area contributed by atoms with E-state index in [2.05, 4.69) is 5.32 Å². The van der Waals surface area contributed by atoms with Gasteiger partial charge < -0.3 is 15.8 Å². The lowest BCUT2D eigenvalue weighted by Gasteiger charge is -2.08. The summed E-state index contributed by atoms with van der Waals surface area (Å²) in [6.45, 7) is 0.699. The molecule has 1 rings (SSSR count). The number of benzene rings is 1. The molecule has 6 heteroatoms. The molecule has 0 aromatic heterocycles. The number of para-hydroxylation sites is 2. The van der Waals surface area contributed by atoms with E-state index in [1.54, 1.807) is 18.4 Å². The topological polar surface area (TPSA) is 81.4 Å². The van der Waals surface area contributed by atoms with Crippen molar-refractivity contribution < 1.29 is 13.7 Å². The van der Waals surface area contributed by atoms with Crippen molar-refractivity contribution in [2.75, 3.05) is 30.9 Å². The lowest BCUT2D eigenvalue weighted by molar-refractivity contribution is -0.121. The predicted octanol–water partition coefficient (Wildman–Crippen LogP) is 0.532. The highest BCUT2D eigenvalue weighted by Crippen LogP contribution is 2.19. The molecular weight excluding hydrogens is 252 g/mol. The molecule has 3 N–H and O–H groups in total. The van der Waals surface area contributed by atoms with Crippen LogP contribution in [0.15, 0.2) is 24.3 Å². The number of nitrogens with one attached hydrogen (secondary N) is 1. The number of amides is 1. The van der Waals surface area contributed by atoms with Gasteiger partial charge in [-0.25, -0.2) is 0 Å². The summed E-state index contributed by atoms with van der Waals surface area (Å²) < 4.78 is 16.2. The summed E-state index contributed by atoms with van der Waals surface area (Å²) in [7, 11) is -0.883. The first-order valence-electron chi connectivity index (χ1n) is 5.63. The highest BCUT2D eigenvalue weighted by atomic mass is 32.2. The maximum atomic E-state index is 11.4. The molecule has 0 aliphatic rings. The lowest BCUT2D eigenvalue weighted by Crippen LogP contribution is -2.28. The van der Waals surface area contributed by atoms with Crippen LogP contribution in [-0.2, 0) is 15.6 Å². The average Bonchev–Trinajstić information content (AvgIpc) is 2.31. The Bertz CT molecular complexity index is 424. The second kappa shape index (κ2) is 7.71. The second-order valence-corrected chi connectivity index (χ2v) is 5.32. The Labute approximate surface area is 109 Å². The van der Waals surface area contributed by atoms with Crippen LogP contribution in [0.3, 0.4) is 0 Å². The first-order valence-corrected chi connectivity index (χ1v) is 7.36. The summed E-state index contributed by atoms with van der Waals surface area (Å²) in [4.78, 5) is 11.4. The number of nitrogen functional groups attached to an aromatic ring is 1. The molecule has 1 atom stereocenters. The van der Waals surface area contributed by atoms with E-state index in [1.807, 2.05) is 12.1 Å². The first kappa shape index (κ1) is 14.5. The maximum absolute atomic E-state index is 11.4. The molecule has 0 aliphatic carbocycles. The molecule has 0 saturated heterocycles. The molecule has 0 fully saturated rings.